The van der Waals surface area contributed by atoms with Gasteiger partial charge in [-0.25, -0.2) is 4.79 Å². The summed E-state index contributed by atoms with van der Waals surface area (Å²) in [4.78, 5) is 14.1. The summed E-state index contributed by atoms with van der Waals surface area (Å²) >= 11 is 0. The second-order valence-corrected chi connectivity index (χ2v) is 6.24. The average Bonchev–Trinajstić information content (AvgIpc) is 2.36. The second kappa shape index (κ2) is 5.83. The van der Waals surface area contributed by atoms with Gasteiger partial charge in [0.1, 0.15) is 5.60 Å². The highest BCUT2D eigenvalue weighted by molar-refractivity contribution is 5.89. The van der Waals surface area contributed by atoms with Crippen LogP contribution in [0.25, 0.3) is 0 Å². The van der Waals surface area contributed by atoms with Crippen LogP contribution in [0.2, 0.25) is 0 Å². The lowest BCUT2D eigenvalue weighted by Crippen LogP contribution is -2.39. The Morgan fingerprint density at radius 3 is 2.80 bits per heavy atom. The lowest BCUT2D eigenvalue weighted by atomic mass is 9.99. The Morgan fingerprint density at radius 2 is 2.15 bits per heavy atom. The number of fused-ring (bicyclic) bond motifs is 1. The van der Waals surface area contributed by atoms with Gasteiger partial charge in [0.25, 0.3) is 0 Å². The summed E-state index contributed by atoms with van der Waals surface area (Å²) in [6, 6.07) is 6.28. The van der Waals surface area contributed by atoms with Crippen molar-refractivity contribution >= 4 is 11.8 Å². The number of nitrogens with two attached hydrogens (primary N) is 1. The van der Waals surface area contributed by atoms with Gasteiger partial charge in [-0.05, 0) is 63.8 Å². The van der Waals surface area contributed by atoms with Gasteiger partial charge >= 0.3 is 6.09 Å². The fraction of sp³-hybridized carbons (Fsp3) is 0.562. The van der Waals surface area contributed by atoms with Gasteiger partial charge in [-0.1, -0.05) is 12.1 Å². The van der Waals surface area contributed by atoms with E-state index in [1.807, 2.05) is 20.8 Å². The first kappa shape index (κ1) is 14.9. The molecule has 0 aromatic heterocycles. The number of hydrogen-bond acceptors (Lipinski definition) is 3. The van der Waals surface area contributed by atoms with E-state index in [9.17, 15) is 4.79 Å². The van der Waals surface area contributed by atoms with E-state index in [1.54, 1.807) is 4.90 Å². The molecule has 1 heterocycles. The molecular formula is C16H24N2O2. The van der Waals surface area contributed by atoms with Crippen molar-refractivity contribution in [1.82, 2.24) is 0 Å². The van der Waals surface area contributed by atoms with Crippen molar-refractivity contribution in [2.75, 3.05) is 18.0 Å². The van der Waals surface area contributed by atoms with Crippen LogP contribution in [0, 0.1) is 0 Å². The molecule has 0 bridgehead atoms. The molecule has 4 heteroatoms. The number of aryl methyl sites for hydroxylation is 1. The van der Waals surface area contributed by atoms with Gasteiger partial charge in [0.15, 0.2) is 0 Å². The van der Waals surface area contributed by atoms with Crippen LogP contribution < -0.4 is 10.6 Å². The SMILES string of the molecule is CC(C)(C)OC(=O)N1CCCc2ccc(CCN)cc21. The third-order valence-electron chi connectivity index (χ3n) is 3.32. The van der Waals surface area contributed by atoms with Gasteiger partial charge in [0.05, 0.1) is 5.69 Å². The van der Waals surface area contributed by atoms with E-state index >= 15 is 0 Å². The van der Waals surface area contributed by atoms with Crippen LogP contribution in [0.1, 0.15) is 38.3 Å². The summed E-state index contributed by atoms with van der Waals surface area (Å²) in [5, 5.41) is 0. The first-order chi connectivity index (χ1) is 9.40. The minimum absolute atomic E-state index is 0.261. The molecule has 0 unspecified atom stereocenters. The summed E-state index contributed by atoms with van der Waals surface area (Å²) in [6.07, 6.45) is 2.55. The molecule has 1 aliphatic rings. The monoisotopic (exact) mass is 276 g/mol. The van der Waals surface area contributed by atoms with Gasteiger partial charge < -0.3 is 10.5 Å². The molecule has 0 radical (unpaired) electrons. The van der Waals surface area contributed by atoms with Crippen LogP contribution in [0.15, 0.2) is 18.2 Å². The van der Waals surface area contributed by atoms with E-state index in [4.69, 9.17) is 10.5 Å². The fourth-order valence-electron chi connectivity index (χ4n) is 2.45. The fourth-order valence-corrected chi connectivity index (χ4v) is 2.45. The number of carbonyl (C=O) groups excluding carboxylic acids is 1. The topological polar surface area (TPSA) is 55.6 Å². The number of ether oxygens (including phenoxy) is 1. The zero-order valence-corrected chi connectivity index (χ0v) is 12.6. The zero-order chi connectivity index (χ0) is 14.8. The summed E-state index contributed by atoms with van der Waals surface area (Å²) in [7, 11) is 0. The Labute approximate surface area is 120 Å². The van der Waals surface area contributed by atoms with Crippen molar-refractivity contribution in [3.8, 4) is 0 Å². The minimum Gasteiger partial charge on any atom is -0.443 e. The first-order valence-corrected chi connectivity index (χ1v) is 7.23. The maximum absolute atomic E-state index is 12.3. The molecule has 2 rings (SSSR count). The quantitative estimate of drug-likeness (QED) is 0.903. The smallest absolute Gasteiger partial charge is 0.414 e. The van der Waals surface area contributed by atoms with Crippen LogP contribution in [0.4, 0.5) is 10.5 Å². The molecule has 110 valence electrons. The molecule has 0 fully saturated rings. The molecule has 0 saturated heterocycles. The first-order valence-electron chi connectivity index (χ1n) is 7.23. The van der Waals surface area contributed by atoms with Gasteiger partial charge in [0.2, 0.25) is 0 Å². The van der Waals surface area contributed by atoms with E-state index in [0.29, 0.717) is 13.1 Å². The van der Waals surface area contributed by atoms with Crippen LogP contribution in [0.3, 0.4) is 0 Å². The Balaban J connectivity index is 2.26. The Morgan fingerprint density at radius 1 is 1.40 bits per heavy atom. The molecule has 1 aliphatic heterocycles. The molecule has 1 amide bonds. The predicted molar refractivity (Wildman–Crippen MR) is 81.1 cm³/mol. The van der Waals surface area contributed by atoms with E-state index in [-0.39, 0.29) is 6.09 Å². The number of anilines is 1. The third kappa shape index (κ3) is 3.51. The lowest BCUT2D eigenvalue weighted by molar-refractivity contribution is 0.0578. The largest absolute Gasteiger partial charge is 0.443 e. The van der Waals surface area contributed by atoms with Gasteiger partial charge in [0, 0.05) is 6.54 Å². The molecule has 0 saturated carbocycles. The van der Waals surface area contributed by atoms with Crippen molar-refractivity contribution in [2.45, 2.75) is 45.6 Å². The van der Waals surface area contributed by atoms with Crippen LogP contribution in [-0.4, -0.2) is 24.8 Å². The Kier molecular flexibility index (Phi) is 4.33. The molecular weight excluding hydrogens is 252 g/mol. The summed E-state index contributed by atoms with van der Waals surface area (Å²) in [5.41, 5.74) is 8.50. The molecule has 1 aromatic carbocycles. The van der Waals surface area contributed by atoms with Crippen LogP contribution in [0.5, 0.6) is 0 Å². The molecule has 0 spiro atoms. The maximum Gasteiger partial charge on any atom is 0.414 e. The van der Waals surface area contributed by atoms with Gasteiger partial charge in [-0.3, -0.25) is 4.90 Å². The maximum atomic E-state index is 12.3. The van der Waals surface area contributed by atoms with Crippen molar-refractivity contribution in [3.05, 3.63) is 29.3 Å². The Hall–Kier alpha value is -1.55. The van der Waals surface area contributed by atoms with Crippen LogP contribution >= 0.6 is 0 Å². The number of nitrogens with zero attached hydrogens (tertiary/aromatic N) is 1. The lowest BCUT2D eigenvalue weighted by Gasteiger charge is -2.32. The van der Waals surface area contributed by atoms with E-state index in [0.717, 1.165) is 24.9 Å². The molecule has 1 aromatic rings. The molecule has 0 aliphatic carbocycles. The molecule has 20 heavy (non-hydrogen) atoms. The summed E-state index contributed by atoms with van der Waals surface area (Å²) in [5.74, 6) is 0. The normalized spacial score (nSPS) is 14.9. The minimum atomic E-state index is -0.469. The predicted octanol–water partition coefficient (Wildman–Crippen LogP) is 2.88. The number of rotatable bonds is 2. The van der Waals surface area contributed by atoms with E-state index in [2.05, 4.69) is 18.2 Å². The molecule has 4 nitrogen and oxygen atoms in total. The Bertz CT molecular complexity index is 492. The molecule has 0 atom stereocenters. The number of amides is 1. The van der Waals surface area contributed by atoms with Gasteiger partial charge in [-0.2, -0.15) is 0 Å². The summed E-state index contributed by atoms with van der Waals surface area (Å²) in [6.45, 7) is 7.00. The van der Waals surface area contributed by atoms with Crippen molar-refractivity contribution in [3.63, 3.8) is 0 Å². The number of carbonyl (C=O) groups is 1. The van der Waals surface area contributed by atoms with Crippen molar-refractivity contribution in [1.29, 1.82) is 0 Å². The number of hydrogen-bond donors (Lipinski definition) is 1. The second-order valence-electron chi connectivity index (χ2n) is 6.24. The van der Waals surface area contributed by atoms with E-state index < -0.39 is 5.60 Å². The van der Waals surface area contributed by atoms with Crippen molar-refractivity contribution < 1.29 is 9.53 Å². The van der Waals surface area contributed by atoms with E-state index in [1.165, 1.54) is 11.1 Å². The average molecular weight is 276 g/mol. The molecule has 2 N–H and O–H groups in total. The van der Waals surface area contributed by atoms with Crippen molar-refractivity contribution in [2.24, 2.45) is 5.73 Å². The highest BCUT2D eigenvalue weighted by atomic mass is 16.6. The highest BCUT2D eigenvalue weighted by Gasteiger charge is 2.27. The number of benzene rings is 1. The van der Waals surface area contributed by atoms with Gasteiger partial charge in [-0.15, -0.1) is 0 Å². The zero-order valence-electron chi connectivity index (χ0n) is 12.6. The third-order valence-corrected chi connectivity index (χ3v) is 3.32. The highest BCUT2D eigenvalue weighted by Crippen LogP contribution is 2.29. The standard InChI is InChI=1S/C16H24N2O2/c1-16(2,3)20-15(19)18-10-4-5-13-7-6-12(8-9-17)11-14(13)18/h6-7,11H,4-5,8-10,17H2,1-3H3. The van der Waals surface area contributed by atoms with Crippen LogP contribution in [-0.2, 0) is 17.6 Å². The summed E-state index contributed by atoms with van der Waals surface area (Å²) < 4.78 is 5.50.